The number of nitrogens with zero attached hydrogens (tertiary/aromatic N) is 2. The molecule has 1 aromatic heterocycles. The standard InChI is InChI=1S/C14H12Br2N2O/c1-18(9-10-2-4-17-5-3-10)14(19)11-6-12(15)8-13(16)7-11/h2-8H,9H2,1H3. The molecule has 2 rings (SSSR count). The van der Waals surface area contributed by atoms with Crippen molar-refractivity contribution in [1.82, 2.24) is 9.88 Å². The number of hydrogen-bond acceptors (Lipinski definition) is 2. The van der Waals surface area contributed by atoms with Gasteiger partial charge in [-0.15, -0.1) is 0 Å². The zero-order valence-corrected chi connectivity index (χ0v) is 13.5. The van der Waals surface area contributed by atoms with E-state index in [0.29, 0.717) is 12.1 Å². The number of halogens is 2. The topological polar surface area (TPSA) is 33.2 Å². The zero-order chi connectivity index (χ0) is 13.8. The van der Waals surface area contributed by atoms with Crippen LogP contribution in [0.4, 0.5) is 0 Å². The second-order valence-corrected chi connectivity index (χ2v) is 6.01. The van der Waals surface area contributed by atoms with Gasteiger partial charge in [0.1, 0.15) is 0 Å². The van der Waals surface area contributed by atoms with Crippen LogP contribution in [0.15, 0.2) is 51.7 Å². The lowest BCUT2D eigenvalue weighted by molar-refractivity contribution is 0.0785. The van der Waals surface area contributed by atoms with E-state index in [1.165, 1.54) is 0 Å². The highest BCUT2D eigenvalue weighted by Crippen LogP contribution is 2.21. The van der Waals surface area contributed by atoms with E-state index in [0.717, 1.165) is 14.5 Å². The molecule has 0 bridgehead atoms. The van der Waals surface area contributed by atoms with Crippen molar-refractivity contribution in [2.75, 3.05) is 7.05 Å². The lowest BCUT2D eigenvalue weighted by Gasteiger charge is -2.17. The van der Waals surface area contributed by atoms with Gasteiger partial charge in [-0.2, -0.15) is 0 Å². The number of carbonyl (C=O) groups excluding carboxylic acids is 1. The second-order valence-electron chi connectivity index (χ2n) is 4.17. The van der Waals surface area contributed by atoms with Gasteiger partial charge in [-0.1, -0.05) is 31.9 Å². The maximum absolute atomic E-state index is 12.3. The molecule has 0 unspecified atom stereocenters. The molecule has 0 aliphatic heterocycles. The second kappa shape index (κ2) is 6.30. The molecule has 1 amide bonds. The van der Waals surface area contributed by atoms with Gasteiger partial charge in [0, 0.05) is 40.5 Å². The summed E-state index contributed by atoms with van der Waals surface area (Å²) in [6.45, 7) is 0.561. The molecule has 0 saturated carbocycles. The van der Waals surface area contributed by atoms with E-state index < -0.39 is 0 Å². The lowest BCUT2D eigenvalue weighted by Crippen LogP contribution is -2.26. The molecular formula is C14H12Br2N2O. The number of rotatable bonds is 3. The highest BCUT2D eigenvalue weighted by atomic mass is 79.9. The smallest absolute Gasteiger partial charge is 0.253 e. The van der Waals surface area contributed by atoms with Crippen LogP contribution in [0.5, 0.6) is 0 Å². The van der Waals surface area contributed by atoms with Gasteiger partial charge in [-0.3, -0.25) is 9.78 Å². The van der Waals surface area contributed by atoms with Crippen molar-refractivity contribution in [3.05, 3.63) is 62.8 Å². The minimum Gasteiger partial charge on any atom is -0.337 e. The highest BCUT2D eigenvalue weighted by Gasteiger charge is 2.13. The van der Waals surface area contributed by atoms with Crippen molar-refractivity contribution < 1.29 is 4.79 Å². The Morgan fingerprint density at radius 1 is 1.16 bits per heavy atom. The van der Waals surface area contributed by atoms with Gasteiger partial charge in [-0.05, 0) is 35.9 Å². The van der Waals surface area contributed by atoms with Crippen molar-refractivity contribution in [2.45, 2.75) is 6.54 Å². The Bertz CT molecular complexity index is 567. The van der Waals surface area contributed by atoms with Gasteiger partial charge < -0.3 is 4.90 Å². The summed E-state index contributed by atoms with van der Waals surface area (Å²) in [7, 11) is 1.79. The van der Waals surface area contributed by atoms with Crippen LogP contribution in [0.2, 0.25) is 0 Å². The van der Waals surface area contributed by atoms with Crippen LogP contribution in [0, 0.1) is 0 Å². The van der Waals surface area contributed by atoms with Crippen LogP contribution in [-0.4, -0.2) is 22.8 Å². The van der Waals surface area contributed by atoms with Crippen molar-refractivity contribution in [2.24, 2.45) is 0 Å². The first-order chi connectivity index (χ1) is 9.06. The summed E-state index contributed by atoms with van der Waals surface area (Å²) in [4.78, 5) is 18.0. The van der Waals surface area contributed by atoms with E-state index in [-0.39, 0.29) is 5.91 Å². The normalized spacial score (nSPS) is 10.3. The number of hydrogen-bond donors (Lipinski definition) is 0. The summed E-state index contributed by atoms with van der Waals surface area (Å²) in [5, 5.41) is 0. The van der Waals surface area contributed by atoms with Crippen LogP contribution in [0.3, 0.4) is 0 Å². The van der Waals surface area contributed by atoms with Crippen LogP contribution in [-0.2, 0) is 6.54 Å². The zero-order valence-electron chi connectivity index (χ0n) is 10.3. The fraction of sp³-hybridized carbons (Fsp3) is 0.143. The first-order valence-electron chi connectivity index (χ1n) is 5.67. The fourth-order valence-corrected chi connectivity index (χ4v) is 3.03. The molecule has 0 spiro atoms. The molecule has 0 aliphatic carbocycles. The predicted octanol–water partition coefficient (Wildman–Crippen LogP) is 3.88. The molecule has 0 atom stereocenters. The number of benzene rings is 1. The molecule has 0 fully saturated rings. The van der Waals surface area contributed by atoms with Crippen LogP contribution >= 0.6 is 31.9 Å². The monoisotopic (exact) mass is 382 g/mol. The summed E-state index contributed by atoms with van der Waals surface area (Å²) in [6, 6.07) is 9.34. The van der Waals surface area contributed by atoms with E-state index in [2.05, 4.69) is 36.8 Å². The van der Waals surface area contributed by atoms with Gasteiger partial charge in [0.15, 0.2) is 0 Å². The third-order valence-electron chi connectivity index (χ3n) is 2.63. The number of aromatic nitrogens is 1. The minimum absolute atomic E-state index is 0.0150. The van der Waals surface area contributed by atoms with E-state index in [1.54, 1.807) is 24.3 Å². The number of carbonyl (C=O) groups is 1. The summed E-state index contributed by atoms with van der Waals surface area (Å²) in [5.41, 5.74) is 1.71. The molecule has 3 nitrogen and oxygen atoms in total. The van der Waals surface area contributed by atoms with Crippen molar-refractivity contribution in [3.8, 4) is 0 Å². The largest absolute Gasteiger partial charge is 0.337 e. The molecule has 1 heterocycles. The quantitative estimate of drug-likeness (QED) is 0.805. The molecule has 0 N–H and O–H groups in total. The molecule has 98 valence electrons. The SMILES string of the molecule is CN(Cc1ccncc1)C(=O)c1cc(Br)cc(Br)c1. The molecule has 0 aliphatic rings. The van der Waals surface area contributed by atoms with Crippen molar-refractivity contribution >= 4 is 37.8 Å². The fourth-order valence-electron chi connectivity index (χ4n) is 1.73. The average Bonchev–Trinajstić information content (AvgIpc) is 2.37. The third-order valence-corrected chi connectivity index (χ3v) is 3.54. The summed E-state index contributed by atoms with van der Waals surface area (Å²) < 4.78 is 1.75. The first kappa shape index (κ1) is 14.2. The molecule has 2 aromatic rings. The Hall–Kier alpha value is -1.20. The minimum atomic E-state index is -0.0150. The Kier molecular flexibility index (Phi) is 4.71. The Labute approximate surface area is 128 Å². The van der Waals surface area contributed by atoms with Gasteiger partial charge in [-0.25, -0.2) is 0 Å². The maximum Gasteiger partial charge on any atom is 0.253 e. The predicted molar refractivity (Wildman–Crippen MR) is 81.9 cm³/mol. The highest BCUT2D eigenvalue weighted by molar-refractivity contribution is 9.11. The average molecular weight is 384 g/mol. The van der Waals surface area contributed by atoms with Crippen molar-refractivity contribution in [3.63, 3.8) is 0 Å². The molecule has 19 heavy (non-hydrogen) atoms. The molecule has 0 radical (unpaired) electrons. The van der Waals surface area contributed by atoms with Gasteiger partial charge >= 0.3 is 0 Å². The molecule has 0 saturated heterocycles. The third kappa shape index (κ3) is 3.88. The Morgan fingerprint density at radius 3 is 2.32 bits per heavy atom. The maximum atomic E-state index is 12.3. The summed E-state index contributed by atoms with van der Waals surface area (Å²) in [5.74, 6) is -0.0150. The van der Waals surface area contributed by atoms with Crippen LogP contribution in [0.25, 0.3) is 0 Å². The van der Waals surface area contributed by atoms with E-state index >= 15 is 0 Å². The van der Waals surface area contributed by atoms with E-state index in [9.17, 15) is 4.79 Å². The van der Waals surface area contributed by atoms with E-state index in [4.69, 9.17) is 0 Å². The van der Waals surface area contributed by atoms with Gasteiger partial charge in [0.05, 0.1) is 0 Å². The molecular weight excluding hydrogens is 372 g/mol. The first-order valence-corrected chi connectivity index (χ1v) is 7.25. The lowest BCUT2D eigenvalue weighted by atomic mass is 10.2. The molecule has 5 heteroatoms. The van der Waals surface area contributed by atoms with Crippen molar-refractivity contribution in [1.29, 1.82) is 0 Å². The summed E-state index contributed by atoms with van der Waals surface area (Å²) in [6.07, 6.45) is 3.45. The summed E-state index contributed by atoms with van der Waals surface area (Å²) >= 11 is 6.78. The number of amides is 1. The molecule has 1 aromatic carbocycles. The van der Waals surface area contributed by atoms with Gasteiger partial charge in [0.2, 0.25) is 0 Å². The Morgan fingerprint density at radius 2 is 1.74 bits per heavy atom. The number of pyridine rings is 1. The van der Waals surface area contributed by atoms with Crippen LogP contribution in [0.1, 0.15) is 15.9 Å². The van der Waals surface area contributed by atoms with E-state index in [1.807, 2.05) is 30.3 Å². The van der Waals surface area contributed by atoms with Crippen LogP contribution < -0.4 is 0 Å². The Balaban J connectivity index is 2.15. The van der Waals surface area contributed by atoms with Gasteiger partial charge in [0.25, 0.3) is 5.91 Å².